The van der Waals surface area contributed by atoms with E-state index < -0.39 is 5.60 Å². The summed E-state index contributed by atoms with van der Waals surface area (Å²) in [7, 11) is 0. The Bertz CT molecular complexity index is 110. The highest BCUT2D eigenvalue weighted by atomic mass is 16.3. The van der Waals surface area contributed by atoms with E-state index in [2.05, 4.69) is 6.92 Å². The molecule has 0 radical (unpaired) electrons. The van der Waals surface area contributed by atoms with Crippen LogP contribution in [0.2, 0.25) is 0 Å². The smallest absolute Gasteiger partial charge is 0.0622 e. The van der Waals surface area contributed by atoms with Crippen molar-refractivity contribution in [2.75, 3.05) is 0 Å². The minimum Gasteiger partial charge on any atom is -0.390 e. The second-order valence-electron chi connectivity index (χ2n) is 4.01. The van der Waals surface area contributed by atoms with Crippen LogP contribution in [-0.2, 0) is 0 Å². The van der Waals surface area contributed by atoms with Gasteiger partial charge in [-0.2, -0.15) is 0 Å². The fraction of sp³-hybridized carbons (Fsp3) is 1.00. The SMILES string of the molecule is CCC1CCC1C(C)(C)O. The number of hydrogen-bond donors (Lipinski definition) is 1. The molecule has 60 valence electrons. The van der Waals surface area contributed by atoms with Crippen LogP contribution in [0.4, 0.5) is 0 Å². The monoisotopic (exact) mass is 142 g/mol. The molecule has 0 aromatic rings. The molecule has 0 heterocycles. The second kappa shape index (κ2) is 2.54. The summed E-state index contributed by atoms with van der Waals surface area (Å²) >= 11 is 0. The van der Waals surface area contributed by atoms with Gasteiger partial charge in [-0.05, 0) is 38.5 Å². The zero-order chi connectivity index (χ0) is 7.78. The van der Waals surface area contributed by atoms with Crippen molar-refractivity contribution in [3.63, 3.8) is 0 Å². The van der Waals surface area contributed by atoms with Crippen molar-refractivity contribution in [3.8, 4) is 0 Å². The molecule has 1 aliphatic carbocycles. The first-order valence-corrected chi connectivity index (χ1v) is 4.28. The Morgan fingerprint density at radius 2 is 2.00 bits per heavy atom. The summed E-state index contributed by atoms with van der Waals surface area (Å²) in [5.41, 5.74) is -0.432. The molecule has 0 aliphatic heterocycles. The van der Waals surface area contributed by atoms with Crippen molar-refractivity contribution >= 4 is 0 Å². The lowest BCUT2D eigenvalue weighted by Crippen LogP contribution is -2.42. The maximum Gasteiger partial charge on any atom is 0.0622 e. The number of hydrogen-bond acceptors (Lipinski definition) is 1. The van der Waals surface area contributed by atoms with Crippen LogP contribution in [0.25, 0.3) is 0 Å². The van der Waals surface area contributed by atoms with Gasteiger partial charge in [0.05, 0.1) is 5.60 Å². The number of rotatable bonds is 2. The highest BCUT2D eigenvalue weighted by molar-refractivity contribution is 4.90. The van der Waals surface area contributed by atoms with Gasteiger partial charge in [-0.3, -0.25) is 0 Å². The lowest BCUT2D eigenvalue weighted by molar-refractivity contribution is -0.0567. The van der Waals surface area contributed by atoms with Crippen LogP contribution in [-0.4, -0.2) is 10.7 Å². The van der Waals surface area contributed by atoms with Gasteiger partial charge in [0.2, 0.25) is 0 Å². The van der Waals surface area contributed by atoms with Gasteiger partial charge >= 0.3 is 0 Å². The van der Waals surface area contributed by atoms with Crippen molar-refractivity contribution in [2.45, 2.75) is 45.6 Å². The summed E-state index contributed by atoms with van der Waals surface area (Å²) in [6.07, 6.45) is 3.78. The summed E-state index contributed by atoms with van der Waals surface area (Å²) in [6.45, 7) is 6.07. The van der Waals surface area contributed by atoms with Crippen LogP contribution in [0.5, 0.6) is 0 Å². The summed E-state index contributed by atoms with van der Waals surface area (Å²) in [5, 5.41) is 9.64. The minimum atomic E-state index is -0.432. The van der Waals surface area contributed by atoms with E-state index in [0.717, 1.165) is 5.92 Å². The maximum atomic E-state index is 9.64. The molecule has 1 heteroatoms. The summed E-state index contributed by atoms with van der Waals surface area (Å²) in [4.78, 5) is 0. The minimum absolute atomic E-state index is 0.432. The summed E-state index contributed by atoms with van der Waals surface area (Å²) in [5.74, 6) is 1.36. The molecule has 1 saturated carbocycles. The predicted octanol–water partition coefficient (Wildman–Crippen LogP) is 2.19. The maximum absolute atomic E-state index is 9.64. The van der Waals surface area contributed by atoms with Crippen molar-refractivity contribution in [1.82, 2.24) is 0 Å². The zero-order valence-corrected chi connectivity index (χ0v) is 7.22. The first kappa shape index (κ1) is 8.06. The predicted molar refractivity (Wildman–Crippen MR) is 42.8 cm³/mol. The largest absolute Gasteiger partial charge is 0.390 e. The van der Waals surface area contributed by atoms with E-state index in [1.807, 2.05) is 13.8 Å². The van der Waals surface area contributed by atoms with Crippen LogP contribution < -0.4 is 0 Å². The van der Waals surface area contributed by atoms with Crippen molar-refractivity contribution in [3.05, 3.63) is 0 Å². The Labute approximate surface area is 63.4 Å². The van der Waals surface area contributed by atoms with Gasteiger partial charge in [0.25, 0.3) is 0 Å². The Balaban J connectivity index is 2.43. The molecule has 2 unspecified atom stereocenters. The fourth-order valence-corrected chi connectivity index (χ4v) is 1.99. The molecule has 0 amide bonds. The van der Waals surface area contributed by atoms with Crippen LogP contribution in [0.15, 0.2) is 0 Å². The van der Waals surface area contributed by atoms with E-state index in [1.54, 1.807) is 0 Å². The summed E-state index contributed by atoms with van der Waals surface area (Å²) < 4.78 is 0. The third kappa shape index (κ3) is 1.34. The van der Waals surface area contributed by atoms with Crippen LogP contribution in [0, 0.1) is 11.8 Å². The van der Waals surface area contributed by atoms with Gasteiger partial charge in [-0.25, -0.2) is 0 Å². The van der Waals surface area contributed by atoms with E-state index in [9.17, 15) is 5.11 Å². The van der Waals surface area contributed by atoms with E-state index >= 15 is 0 Å². The molecule has 1 nitrogen and oxygen atoms in total. The Morgan fingerprint density at radius 3 is 2.10 bits per heavy atom. The molecule has 0 aromatic heterocycles. The van der Waals surface area contributed by atoms with E-state index in [0.29, 0.717) is 5.92 Å². The van der Waals surface area contributed by atoms with Gasteiger partial charge in [-0.1, -0.05) is 13.3 Å². The lowest BCUT2D eigenvalue weighted by atomic mass is 9.65. The molecule has 1 N–H and O–H groups in total. The Morgan fingerprint density at radius 1 is 1.40 bits per heavy atom. The molecule has 1 aliphatic rings. The Hall–Kier alpha value is -0.0400. The van der Waals surface area contributed by atoms with Gasteiger partial charge in [0.1, 0.15) is 0 Å². The van der Waals surface area contributed by atoms with Gasteiger partial charge < -0.3 is 5.11 Å². The third-order valence-corrected chi connectivity index (χ3v) is 2.85. The average Bonchev–Trinajstić information content (AvgIpc) is 1.57. The molecule has 1 rings (SSSR count). The summed E-state index contributed by atoms with van der Waals surface area (Å²) in [6, 6.07) is 0. The highest BCUT2D eigenvalue weighted by Crippen LogP contribution is 2.43. The van der Waals surface area contributed by atoms with E-state index in [-0.39, 0.29) is 0 Å². The Kier molecular flexibility index (Phi) is 2.04. The first-order valence-electron chi connectivity index (χ1n) is 4.28. The van der Waals surface area contributed by atoms with Gasteiger partial charge in [-0.15, -0.1) is 0 Å². The van der Waals surface area contributed by atoms with Crippen molar-refractivity contribution < 1.29 is 5.11 Å². The molecule has 2 atom stereocenters. The van der Waals surface area contributed by atoms with Gasteiger partial charge in [0.15, 0.2) is 0 Å². The molecule has 1 fully saturated rings. The normalized spacial score (nSPS) is 33.6. The second-order valence-corrected chi connectivity index (χ2v) is 4.01. The van der Waals surface area contributed by atoms with Crippen LogP contribution in [0.1, 0.15) is 40.0 Å². The number of aliphatic hydroxyl groups is 1. The van der Waals surface area contributed by atoms with Crippen LogP contribution in [0.3, 0.4) is 0 Å². The molecule has 0 spiro atoms. The molecule has 0 saturated heterocycles. The van der Waals surface area contributed by atoms with Crippen LogP contribution >= 0.6 is 0 Å². The molecular weight excluding hydrogens is 124 g/mol. The van der Waals surface area contributed by atoms with E-state index in [4.69, 9.17) is 0 Å². The first-order chi connectivity index (χ1) is 4.55. The average molecular weight is 142 g/mol. The third-order valence-electron chi connectivity index (χ3n) is 2.85. The molecular formula is C9H18O. The zero-order valence-electron chi connectivity index (χ0n) is 7.22. The quantitative estimate of drug-likeness (QED) is 0.626. The fourth-order valence-electron chi connectivity index (χ4n) is 1.99. The van der Waals surface area contributed by atoms with Crippen molar-refractivity contribution in [1.29, 1.82) is 0 Å². The topological polar surface area (TPSA) is 20.2 Å². The molecule has 10 heavy (non-hydrogen) atoms. The van der Waals surface area contributed by atoms with Crippen molar-refractivity contribution in [2.24, 2.45) is 11.8 Å². The highest BCUT2D eigenvalue weighted by Gasteiger charge is 2.39. The standard InChI is InChI=1S/C9H18O/c1-4-7-5-6-8(7)9(2,3)10/h7-8,10H,4-6H2,1-3H3. The molecule has 0 bridgehead atoms. The van der Waals surface area contributed by atoms with E-state index in [1.165, 1.54) is 19.3 Å². The lowest BCUT2D eigenvalue weighted by Gasteiger charge is -2.43. The van der Waals surface area contributed by atoms with Gasteiger partial charge in [0, 0.05) is 0 Å². The molecule has 0 aromatic carbocycles.